The third kappa shape index (κ3) is 4.45. The molecule has 0 atom stereocenters. The van der Waals surface area contributed by atoms with Gasteiger partial charge in [-0.15, -0.1) is 11.3 Å². The van der Waals surface area contributed by atoms with Crippen molar-refractivity contribution >= 4 is 21.2 Å². The van der Waals surface area contributed by atoms with Crippen molar-refractivity contribution in [1.29, 1.82) is 5.26 Å². The van der Waals surface area contributed by atoms with Gasteiger partial charge in [-0.1, -0.05) is 30.3 Å². The highest BCUT2D eigenvalue weighted by Gasteiger charge is 2.17. The van der Waals surface area contributed by atoms with E-state index in [0.717, 1.165) is 5.56 Å². The Balaban J connectivity index is 1.71. The van der Waals surface area contributed by atoms with Gasteiger partial charge in [-0.05, 0) is 12.0 Å². The van der Waals surface area contributed by atoms with Crippen LogP contribution in [0.2, 0.25) is 0 Å². The normalized spacial score (nSPS) is 11.2. The molecule has 8 heteroatoms. The fraction of sp³-hybridized carbons (Fsp3) is 0.167. The van der Waals surface area contributed by atoms with Gasteiger partial charge < -0.3 is 5.11 Å². The van der Waals surface area contributed by atoms with E-state index in [1.807, 2.05) is 36.4 Å². The summed E-state index contributed by atoms with van der Waals surface area (Å²) >= 11 is 1.20. The molecule has 0 spiro atoms. The fourth-order valence-electron chi connectivity index (χ4n) is 2.38. The standard InChI is InChI=1S/C18H15N3O3S2/c19-9-14-8-16(22)17(20-10-14)18-21-15(11-25-18)12-26(23,24)7-6-13-4-2-1-3-5-13/h1-5,8,10-11,22H,6-7,12H2. The minimum atomic E-state index is -3.30. The molecule has 0 bridgehead atoms. The second kappa shape index (κ2) is 7.64. The number of aromatic nitrogens is 2. The number of thiazole rings is 1. The summed E-state index contributed by atoms with van der Waals surface area (Å²) < 4.78 is 24.7. The van der Waals surface area contributed by atoms with Crippen molar-refractivity contribution < 1.29 is 13.5 Å². The van der Waals surface area contributed by atoms with Crippen LogP contribution in [0.15, 0.2) is 48.0 Å². The van der Waals surface area contributed by atoms with E-state index in [2.05, 4.69) is 9.97 Å². The van der Waals surface area contributed by atoms with Crippen LogP contribution in [0, 0.1) is 11.3 Å². The summed E-state index contributed by atoms with van der Waals surface area (Å²) in [7, 11) is -3.30. The molecule has 0 saturated carbocycles. The number of sulfone groups is 1. The molecule has 0 aliphatic rings. The first-order valence-electron chi connectivity index (χ1n) is 7.75. The Morgan fingerprint density at radius 1 is 1.23 bits per heavy atom. The number of hydrogen-bond donors (Lipinski definition) is 1. The van der Waals surface area contributed by atoms with Crippen molar-refractivity contribution in [2.75, 3.05) is 5.75 Å². The van der Waals surface area contributed by atoms with Crippen LogP contribution in [0.25, 0.3) is 10.7 Å². The molecule has 0 amide bonds. The number of hydrogen-bond acceptors (Lipinski definition) is 7. The van der Waals surface area contributed by atoms with E-state index in [1.54, 1.807) is 5.38 Å². The van der Waals surface area contributed by atoms with Crippen molar-refractivity contribution in [3.8, 4) is 22.5 Å². The maximum atomic E-state index is 12.3. The highest BCUT2D eigenvalue weighted by molar-refractivity contribution is 7.90. The Hall–Kier alpha value is -2.76. The molecule has 2 aromatic heterocycles. The highest BCUT2D eigenvalue weighted by Crippen LogP contribution is 2.30. The molecule has 0 unspecified atom stereocenters. The van der Waals surface area contributed by atoms with Crippen molar-refractivity contribution in [1.82, 2.24) is 9.97 Å². The van der Waals surface area contributed by atoms with Crippen LogP contribution < -0.4 is 0 Å². The van der Waals surface area contributed by atoms with E-state index >= 15 is 0 Å². The molecule has 132 valence electrons. The van der Waals surface area contributed by atoms with Crippen molar-refractivity contribution in [2.45, 2.75) is 12.2 Å². The second-order valence-electron chi connectivity index (χ2n) is 5.68. The number of nitriles is 1. The molecule has 0 fully saturated rings. The van der Waals surface area contributed by atoms with Gasteiger partial charge in [0.05, 0.1) is 22.8 Å². The summed E-state index contributed by atoms with van der Waals surface area (Å²) in [5, 5.41) is 20.8. The Morgan fingerprint density at radius 3 is 2.69 bits per heavy atom. The van der Waals surface area contributed by atoms with Crippen molar-refractivity contribution in [3.05, 3.63) is 64.8 Å². The van der Waals surface area contributed by atoms with Gasteiger partial charge in [0.15, 0.2) is 9.84 Å². The molecule has 2 heterocycles. The Kier molecular flexibility index (Phi) is 5.30. The smallest absolute Gasteiger partial charge is 0.156 e. The van der Waals surface area contributed by atoms with E-state index in [9.17, 15) is 13.5 Å². The monoisotopic (exact) mass is 385 g/mol. The van der Waals surface area contributed by atoms with Crippen LogP contribution in [-0.4, -0.2) is 29.2 Å². The zero-order chi connectivity index (χ0) is 18.6. The Morgan fingerprint density at radius 2 is 2.00 bits per heavy atom. The zero-order valence-electron chi connectivity index (χ0n) is 13.7. The summed E-state index contributed by atoms with van der Waals surface area (Å²) in [5.41, 5.74) is 1.87. The molecular formula is C18H15N3O3S2. The Bertz CT molecular complexity index is 1050. The highest BCUT2D eigenvalue weighted by atomic mass is 32.2. The van der Waals surface area contributed by atoms with E-state index in [0.29, 0.717) is 17.1 Å². The van der Waals surface area contributed by atoms with Gasteiger partial charge in [0.2, 0.25) is 0 Å². The molecule has 26 heavy (non-hydrogen) atoms. The van der Waals surface area contributed by atoms with E-state index < -0.39 is 9.84 Å². The van der Waals surface area contributed by atoms with Gasteiger partial charge in [-0.25, -0.2) is 18.4 Å². The third-order valence-corrected chi connectivity index (χ3v) is 6.12. The minimum Gasteiger partial charge on any atom is -0.506 e. The molecule has 1 aromatic carbocycles. The van der Waals surface area contributed by atoms with Gasteiger partial charge in [0.25, 0.3) is 0 Å². The lowest BCUT2D eigenvalue weighted by Crippen LogP contribution is -2.11. The van der Waals surface area contributed by atoms with Crippen LogP contribution in [0.3, 0.4) is 0 Å². The number of rotatable bonds is 6. The first-order chi connectivity index (χ1) is 12.5. The third-order valence-electron chi connectivity index (χ3n) is 3.66. The van der Waals surface area contributed by atoms with Crippen molar-refractivity contribution in [2.24, 2.45) is 0 Å². The summed E-state index contributed by atoms with van der Waals surface area (Å²) in [6, 6.07) is 12.6. The number of nitrogens with zero attached hydrogens (tertiary/aromatic N) is 3. The summed E-state index contributed by atoms with van der Waals surface area (Å²) in [6.45, 7) is 0. The minimum absolute atomic E-state index is 0.0459. The average Bonchev–Trinajstić information content (AvgIpc) is 3.08. The van der Waals surface area contributed by atoms with Gasteiger partial charge in [0.1, 0.15) is 22.5 Å². The van der Waals surface area contributed by atoms with Gasteiger partial charge in [-0.2, -0.15) is 5.26 Å². The van der Waals surface area contributed by atoms with E-state index in [1.165, 1.54) is 23.6 Å². The quantitative estimate of drug-likeness (QED) is 0.700. The molecule has 3 rings (SSSR count). The first-order valence-corrected chi connectivity index (χ1v) is 10.5. The maximum Gasteiger partial charge on any atom is 0.156 e. The fourth-order valence-corrected chi connectivity index (χ4v) is 4.59. The number of benzene rings is 1. The number of pyridine rings is 1. The van der Waals surface area contributed by atoms with Crippen molar-refractivity contribution in [3.63, 3.8) is 0 Å². The van der Waals surface area contributed by atoms with Crippen LogP contribution in [0.1, 0.15) is 16.8 Å². The molecule has 0 aliphatic heterocycles. The summed E-state index contributed by atoms with van der Waals surface area (Å²) in [5.74, 6) is -0.269. The molecule has 0 radical (unpaired) electrons. The molecular weight excluding hydrogens is 370 g/mol. The second-order valence-corrected chi connectivity index (χ2v) is 8.72. The van der Waals surface area contributed by atoms with E-state index in [4.69, 9.17) is 5.26 Å². The van der Waals surface area contributed by atoms with Gasteiger partial charge >= 0.3 is 0 Å². The number of aromatic hydroxyl groups is 1. The lowest BCUT2D eigenvalue weighted by atomic mass is 10.2. The largest absolute Gasteiger partial charge is 0.506 e. The first kappa shape index (κ1) is 18.0. The molecule has 6 nitrogen and oxygen atoms in total. The van der Waals surface area contributed by atoms with E-state index in [-0.39, 0.29) is 28.5 Å². The van der Waals surface area contributed by atoms with Crippen LogP contribution in [0.5, 0.6) is 5.75 Å². The molecule has 1 N–H and O–H groups in total. The zero-order valence-corrected chi connectivity index (χ0v) is 15.3. The number of aryl methyl sites for hydroxylation is 1. The lowest BCUT2D eigenvalue weighted by molar-refractivity contribution is 0.475. The SMILES string of the molecule is N#Cc1cnc(-c2nc(CS(=O)(=O)CCc3ccccc3)cs2)c(O)c1. The molecule has 0 saturated heterocycles. The Labute approximate surface area is 155 Å². The predicted octanol–water partition coefficient (Wildman–Crippen LogP) is 2.94. The molecule has 0 aliphatic carbocycles. The van der Waals surface area contributed by atoms with Crippen LogP contribution in [0.4, 0.5) is 0 Å². The summed E-state index contributed by atoms with van der Waals surface area (Å²) in [6.07, 6.45) is 1.80. The van der Waals surface area contributed by atoms with Gasteiger partial charge in [0, 0.05) is 17.6 Å². The topological polar surface area (TPSA) is 104 Å². The lowest BCUT2D eigenvalue weighted by Gasteiger charge is -2.03. The predicted molar refractivity (Wildman–Crippen MR) is 99.4 cm³/mol. The maximum absolute atomic E-state index is 12.3. The average molecular weight is 385 g/mol. The van der Waals surface area contributed by atoms with Gasteiger partial charge in [-0.3, -0.25) is 0 Å². The van der Waals surface area contributed by atoms with Crippen LogP contribution in [-0.2, 0) is 22.0 Å². The molecule has 3 aromatic rings. The van der Waals surface area contributed by atoms with Crippen LogP contribution >= 0.6 is 11.3 Å². The summed E-state index contributed by atoms with van der Waals surface area (Å²) in [4.78, 5) is 8.30.